The minimum Gasteiger partial charge on any atom is -0.465 e. The maximum atomic E-state index is 14.1. The molecule has 3 heterocycles. The number of rotatable bonds is 5. The van der Waals surface area contributed by atoms with Crippen molar-refractivity contribution in [2.75, 3.05) is 24.2 Å². The third kappa shape index (κ3) is 4.61. The summed E-state index contributed by atoms with van der Waals surface area (Å²) in [5.41, 5.74) is -0.600. The van der Waals surface area contributed by atoms with E-state index in [1.165, 1.54) is 29.8 Å². The Labute approximate surface area is 210 Å². The standard InChI is InChI=1S/C22H22ClFN6O5S/c1-28-20(31)18-17(27-21(28)36(2,34)35)15(9-25)19(29-7-3-4-14(11-29)26-22(32)33)30(18)10-12-8-13(24)5-6-16(12)23/h5-6,8,14,26H,3-4,7,10-11H2,1-2H3,(H,32,33)/t14-/m1/s1. The number of aromatic nitrogens is 3. The van der Waals surface area contributed by atoms with E-state index in [0.29, 0.717) is 24.9 Å². The maximum Gasteiger partial charge on any atom is 0.404 e. The fraction of sp³-hybridized carbons (Fsp3) is 0.364. The van der Waals surface area contributed by atoms with E-state index in [1.54, 1.807) is 4.90 Å². The van der Waals surface area contributed by atoms with Crippen molar-refractivity contribution in [3.8, 4) is 6.07 Å². The summed E-state index contributed by atoms with van der Waals surface area (Å²) in [5.74, 6) is -0.304. The maximum absolute atomic E-state index is 14.1. The number of fused-ring (bicyclic) bond motifs is 1. The molecule has 0 radical (unpaired) electrons. The Morgan fingerprint density at radius 3 is 2.78 bits per heavy atom. The highest BCUT2D eigenvalue weighted by Gasteiger charge is 2.31. The van der Waals surface area contributed by atoms with Crippen molar-refractivity contribution in [1.82, 2.24) is 19.4 Å². The van der Waals surface area contributed by atoms with Gasteiger partial charge in [-0.3, -0.25) is 9.36 Å². The largest absolute Gasteiger partial charge is 0.465 e. The lowest BCUT2D eigenvalue weighted by Crippen LogP contribution is -2.48. The van der Waals surface area contributed by atoms with Crippen molar-refractivity contribution < 1.29 is 22.7 Å². The lowest BCUT2D eigenvalue weighted by Gasteiger charge is -2.35. The monoisotopic (exact) mass is 536 g/mol. The van der Waals surface area contributed by atoms with Gasteiger partial charge in [-0.25, -0.2) is 22.6 Å². The Kier molecular flexibility index (Phi) is 6.68. The summed E-state index contributed by atoms with van der Waals surface area (Å²) >= 11 is 6.30. The average molecular weight is 537 g/mol. The second-order valence-electron chi connectivity index (χ2n) is 8.59. The van der Waals surface area contributed by atoms with Crippen LogP contribution in [0.5, 0.6) is 0 Å². The molecular weight excluding hydrogens is 515 g/mol. The van der Waals surface area contributed by atoms with E-state index in [2.05, 4.69) is 10.3 Å². The molecule has 11 nitrogen and oxygen atoms in total. The lowest BCUT2D eigenvalue weighted by molar-refractivity contribution is 0.188. The van der Waals surface area contributed by atoms with Crippen molar-refractivity contribution in [3.05, 3.63) is 50.5 Å². The van der Waals surface area contributed by atoms with Crippen LogP contribution in [0.2, 0.25) is 5.02 Å². The topological polar surface area (TPSA) is 150 Å². The van der Waals surface area contributed by atoms with Crippen molar-refractivity contribution in [1.29, 1.82) is 5.26 Å². The number of hydrogen-bond acceptors (Lipinski definition) is 7. The van der Waals surface area contributed by atoms with Crippen molar-refractivity contribution in [3.63, 3.8) is 0 Å². The number of nitriles is 1. The molecule has 4 rings (SSSR count). The molecule has 2 aromatic heterocycles. The van der Waals surface area contributed by atoms with E-state index in [0.717, 1.165) is 10.8 Å². The van der Waals surface area contributed by atoms with Crippen molar-refractivity contribution in [2.24, 2.45) is 7.05 Å². The number of halogens is 2. The molecule has 36 heavy (non-hydrogen) atoms. The third-order valence-electron chi connectivity index (χ3n) is 6.04. The SMILES string of the molecule is Cn1c(S(C)(=O)=O)nc2c(C#N)c(N3CCC[C@@H](NC(=O)O)C3)n(Cc3cc(F)ccc3Cl)c2c1=O. The lowest BCUT2D eigenvalue weighted by atomic mass is 10.1. The number of nitrogens with zero attached hydrogens (tertiary/aromatic N) is 5. The number of amides is 1. The molecule has 14 heteroatoms. The summed E-state index contributed by atoms with van der Waals surface area (Å²) in [6.07, 6.45) is 0.865. The Morgan fingerprint density at radius 2 is 2.14 bits per heavy atom. The Balaban J connectivity index is 2.03. The van der Waals surface area contributed by atoms with Gasteiger partial charge in [0.2, 0.25) is 15.0 Å². The van der Waals surface area contributed by atoms with Crippen LogP contribution in [0.4, 0.5) is 15.0 Å². The summed E-state index contributed by atoms with van der Waals surface area (Å²) in [5, 5.41) is 21.4. The fourth-order valence-electron chi connectivity index (χ4n) is 4.55. The molecule has 1 aliphatic rings. The number of anilines is 1. The number of nitrogens with one attached hydrogen (secondary N) is 1. The van der Waals surface area contributed by atoms with Gasteiger partial charge in [-0.05, 0) is 36.6 Å². The van der Waals surface area contributed by atoms with Gasteiger partial charge in [-0.2, -0.15) is 5.26 Å². The zero-order valence-corrected chi connectivity index (χ0v) is 20.9. The van der Waals surface area contributed by atoms with Crippen LogP contribution in [0.1, 0.15) is 24.0 Å². The predicted octanol–water partition coefficient (Wildman–Crippen LogP) is 2.09. The zero-order valence-electron chi connectivity index (χ0n) is 19.3. The second kappa shape index (κ2) is 9.44. The van der Waals surface area contributed by atoms with Gasteiger partial charge in [0.25, 0.3) is 5.56 Å². The number of benzene rings is 1. The first-order chi connectivity index (χ1) is 16.9. The van der Waals surface area contributed by atoms with Gasteiger partial charge in [-0.15, -0.1) is 0 Å². The zero-order chi connectivity index (χ0) is 26.4. The van der Waals surface area contributed by atoms with Crippen LogP contribution < -0.4 is 15.8 Å². The first-order valence-corrected chi connectivity index (χ1v) is 13.1. The quantitative estimate of drug-likeness (QED) is 0.470. The van der Waals surface area contributed by atoms with Gasteiger partial charge in [0.1, 0.15) is 34.3 Å². The third-order valence-corrected chi connectivity index (χ3v) is 7.44. The molecule has 1 saturated heterocycles. The van der Waals surface area contributed by atoms with Crippen molar-refractivity contribution >= 4 is 44.4 Å². The van der Waals surface area contributed by atoms with E-state index in [9.17, 15) is 27.7 Å². The molecule has 0 aliphatic carbocycles. The molecule has 0 saturated carbocycles. The van der Waals surface area contributed by atoms with Crippen LogP contribution >= 0.6 is 11.6 Å². The van der Waals surface area contributed by atoms with Crippen LogP contribution in [0, 0.1) is 17.1 Å². The van der Waals surface area contributed by atoms with E-state index >= 15 is 0 Å². The van der Waals surface area contributed by atoms with Crippen LogP contribution in [0.25, 0.3) is 11.0 Å². The van der Waals surface area contributed by atoms with Gasteiger partial charge in [-0.1, -0.05) is 11.6 Å². The summed E-state index contributed by atoms with van der Waals surface area (Å²) in [6, 6.07) is 5.35. The highest BCUT2D eigenvalue weighted by Crippen LogP contribution is 2.34. The summed E-state index contributed by atoms with van der Waals surface area (Å²) < 4.78 is 41.0. The molecule has 1 fully saturated rings. The minimum atomic E-state index is -3.92. The first-order valence-electron chi connectivity index (χ1n) is 10.8. The molecule has 1 aliphatic heterocycles. The van der Waals surface area contributed by atoms with Gasteiger partial charge < -0.3 is 19.9 Å². The van der Waals surface area contributed by atoms with Gasteiger partial charge in [0.15, 0.2) is 0 Å². The first kappa shape index (κ1) is 25.5. The molecule has 1 aromatic carbocycles. The van der Waals surface area contributed by atoms with Crippen molar-refractivity contribution in [2.45, 2.75) is 30.6 Å². The molecule has 0 unspecified atom stereocenters. The number of hydrogen-bond donors (Lipinski definition) is 2. The van der Waals surface area contributed by atoms with Gasteiger partial charge >= 0.3 is 6.09 Å². The Morgan fingerprint density at radius 1 is 1.42 bits per heavy atom. The van der Waals surface area contributed by atoms with E-state index < -0.39 is 38.5 Å². The molecule has 0 bridgehead atoms. The highest BCUT2D eigenvalue weighted by atomic mass is 35.5. The number of sulfone groups is 1. The molecule has 3 aromatic rings. The van der Waals surface area contributed by atoms with Crippen LogP contribution in [0.3, 0.4) is 0 Å². The Hall–Kier alpha value is -3.63. The molecule has 190 valence electrons. The smallest absolute Gasteiger partial charge is 0.404 e. The van der Waals surface area contributed by atoms with Crippen LogP contribution in [0.15, 0.2) is 28.2 Å². The van der Waals surface area contributed by atoms with Crippen LogP contribution in [-0.2, 0) is 23.4 Å². The number of carbonyl (C=O) groups is 1. The van der Waals surface area contributed by atoms with E-state index in [4.69, 9.17) is 16.7 Å². The molecule has 2 N–H and O–H groups in total. The fourth-order valence-corrected chi connectivity index (χ4v) is 5.56. The van der Waals surface area contributed by atoms with E-state index in [-0.39, 0.29) is 40.5 Å². The summed E-state index contributed by atoms with van der Waals surface area (Å²) in [6.45, 7) is 0.499. The van der Waals surface area contributed by atoms with Gasteiger partial charge in [0, 0.05) is 37.5 Å². The normalized spacial score (nSPS) is 16.2. The summed E-state index contributed by atoms with van der Waals surface area (Å²) in [7, 11) is -2.66. The van der Waals surface area contributed by atoms with E-state index in [1.807, 2.05) is 6.07 Å². The van der Waals surface area contributed by atoms with Gasteiger partial charge in [0.05, 0.1) is 6.54 Å². The molecular formula is C22H22ClFN6O5S. The Bertz CT molecular complexity index is 1590. The second-order valence-corrected chi connectivity index (χ2v) is 10.9. The average Bonchev–Trinajstić information content (AvgIpc) is 3.10. The number of carboxylic acid groups (broad SMARTS) is 1. The summed E-state index contributed by atoms with van der Waals surface area (Å²) in [4.78, 5) is 30.6. The highest BCUT2D eigenvalue weighted by molar-refractivity contribution is 7.90. The predicted molar refractivity (Wildman–Crippen MR) is 130 cm³/mol. The minimum absolute atomic E-state index is 0.0453. The molecule has 1 amide bonds. The number of piperidine rings is 1. The molecule has 1 atom stereocenters. The van der Waals surface area contributed by atoms with Crippen LogP contribution in [-0.4, -0.2) is 59.1 Å². The molecule has 0 spiro atoms.